The van der Waals surface area contributed by atoms with Gasteiger partial charge in [-0.3, -0.25) is 14.6 Å². The van der Waals surface area contributed by atoms with Gasteiger partial charge in [0.2, 0.25) is 0 Å². The highest BCUT2D eigenvalue weighted by molar-refractivity contribution is 5.92. The van der Waals surface area contributed by atoms with E-state index in [1.54, 1.807) is 6.07 Å². The van der Waals surface area contributed by atoms with Crippen molar-refractivity contribution in [2.45, 2.75) is 13.3 Å². The number of aromatic nitrogens is 1. The van der Waals surface area contributed by atoms with Gasteiger partial charge >= 0.3 is 0 Å². The predicted molar refractivity (Wildman–Crippen MR) is 52.2 cm³/mol. The van der Waals surface area contributed by atoms with Gasteiger partial charge in [0.25, 0.3) is 5.91 Å². The van der Waals surface area contributed by atoms with Crippen LogP contribution in [-0.2, 0) is 0 Å². The maximum absolute atomic E-state index is 11.3. The number of nitrogens with one attached hydrogen (secondary N) is 1. The van der Waals surface area contributed by atoms with Crippen LogP contribution in [0.2, 0.25) is 0 Å². The van der Waals surface area contributed by atoms with Crippen LogP contribution >= 0.6 is 0 Å². The van der Waals surface area contributed by atoms with Crippen molar-refractivity contribution < 1.29 is 9.59 Å². The van der Waals surface area contributed by atoms with Crippen LogP contribution in [0.15, 0.2) is 18.3 Å². The first-order chi connectivity index (χ1) is 6.77. The Morgan fingerprint density at radius 3 is 2.86 bits per heavy atom. The lowest BCUT2D eigenvalue weighted by Gasteiger charge is -2.01. The summed E-state index contributed by atoms with van der Waals surface area (Å²) in [6.07, 6.45) is 2.97. The van der Waals surface area contributed by atoms with Crippen molar-refractivity contribution in [3.8, 4) is 0 Å². The van der Waals surface area contributed by atoms with Crippen LogP contribution in [0.3, 0.4) is 0 Å². The van der Waals surface area contributed by atoms with E-state index in [2.05, 4.69) is 10.3 Å². The Kier molecular flexibility index (Phi) is 3.79. The highest BCUT2D eigenvalue weighted by Crippen LogP contribution is 1.97. The summed E-state index contributed by atoms with van der Waals surface area (Å²) < 4.78 is 0. The molecule has 0 bridgehead atoms. The summed E-state index contributed by atoms with van der Waals surface area (Å²) in [6.45, 7) is 2.61. The molecule has 0 radical (unpaired) electrons. The van der Waals surface area contributed by atoms with Gasteiger partial charge in [-0.2, -0.15) is 0 Å². The van der Waals surface area contributed by atoms with E-state index in [1.807, 2.05) is 6.92 Å². The minimum atomic E-state index is -0.204. The zero-order valence-corrected chi connectivity index (χ0v) is 7.99. The molecule has 1 aromatic rings. The smallest absolute Gasteiger partial charge is 0.269 e. The predicted octanol–water partition coefficient (Wildman–Crippen LogP) is 1.03. The summed E-state index contributed by atoms with van der Waals surface area (Å²) in [5.74, 6) is -0.204. The van der Waals surface area contributed by atoms with Gasteiger partial charge in [0.1, 0.15) is 5.69 Å². The summed E-state index contributed by atoms with van der Waals surface area (Å²) in [6, 6.07) is 3.11. The Bertz CT molecular complexity index is 319. The third kappa shape index (κ3) is 2.65. The second kappa shape index (κ2) is 5.11. The largest absolute Gasteiger partial charge is 0.351 e. The van der Waals surface area contributed by atoms with E-state index in [1.165, 1.54) is 12.3 Å². The summed E-state index contributed by atoms with van der Waals surface area (Å²) >= 11 is 0. The number of rotatable bonds is 4. The van der Waals surface area contributed by atoms with Gasteiger partial charge in [-0.1, -0.05) is 6.92 Å². The van der Waals surface area contributed by atoms with Crippen molar-refractivity contribution in [3.05, 3.63) is 29.6 Å². The number of pyridine rings is 1. The monoisotopic (exact) mass is 192 g/mol. The van der Waals surface area contributed by atoms with Gasteiger partial charge in [-0.05, 0) is 18.6 Å². The van der Waals surface area contributed by atoms with E-state index in [9.17, 15) is 9.59 Å². The topological polar surface area (TPSA) is 59.1 Å². The summed E-state index contributed by atoms with van der Waals surface area (Å²) in [5.41, 5.74) is 0.807. The van der Waals surface area contributed by atoms with E-state index in [0.29, 0.717) is 24.1 Å². The lowest BCUT2D eigenvalue weighted by atomic mass is 10.2. The number of carbonyl (C=O) groups is 2. The van der Waals surface area contributed by atoms with Crippen LogP contribution < -0.4 is 5.32 Å². The quantitative estimate of drug-likeness (QED) is 0.725. The van der Waals surface area contributed by atoms with Gasteiger partial charge in [-0.25, -0.2) is 0 Å². The van der Waals surface area contributed by atoms with Gasteiger partial charge in [0.15, 0.2) is 6.29 Å². The van der Waals surface area contributed by atoms with Gasteiger partial charge in [-0.15, -0.1) is 0 Å². The molecule has 0 aromatic carbocycles. The molecule has 4 heteroatoms. The second-order valence-corrected chi connectivity index (χ2v) is 2.85. The lowest BCUT2D eigenvalue weighted by Crippen LogP contribution is -2.24. The molecule has 0 saturated carbocycles. The molecule has 0 atom stereocenters. The van der Waals surface area contributed by atoms with Crippen LogP contribution in [0.5, 0.6) is 0 Å². The van der Waals surface area contributed by atoms with Crippen molar-refractivity contribution >= 4 is 12.2 Å². The van der Waals surface area contributed by atoms with E-state index in [4.69, 9.17) is 0 Å². The Labute approximate surface area is 82.3 Å². The molecule has 0 spiro atoms. The Hall–Kier alpha value is -1.71. The maximum Gasteiger partial charge on any atom is 0.269 e. The zero-order valence-electron chi connectivity index (χ0n) is 7.99. The fourth-order valence-corrected chi connectivity index (χ4v) is 0.938. The number of hydrogen-bond acceptors (Lipinski definition) is 3. The molecule has 0 saturated heterocycles. The van der Waals surface area contributed by atoms with E-state index < -0.39 is 0 Å². The number of carbonyl (C=O) groups excluding carboxylic acids is 2. The molecule has 0 aliphatic heterocycles. The van der Waals surface area contributed by atoms with Crippen molar-refractivity contribution in [3.63, 3.8) is 0 Å². The Morgan fingerprint density at radius 2 is 2.36 bits per heavy atom. The number of hydrogen-bond donors (Lipinski definition) is 1. The highest BCUT2D eigenvalue weighted by Gasteiger charge is 2.04. The summed E-state index contributed by atoms with van der Waals surface area (Å²) in [5, 5.41) is 2.70. The molecule has 1 amide bonds. The normalized spacial score (nSPS) is 9.50. The number of amides is 1. The van der Waals surface area contributed by atoms with Crippen LogP contribution in [0.1, 0.15) is 34.2 Å². The van der Waals surface area contributed by atoms with Gasteiger partial charge in [0.05, 0.1) is 0 Å². The molecule has 14 heavy (non-hydrogen) atoms. The fraction of sp³-hybridized carbons (Fsp3) is 0.300. The summed E-state index contributed by atoms with van der Waals surface area (Å²) in [7, 11) is 0. The molecule has 74 valence electrons. The molecule has 1 aromatic heterocycles. The van der Waals surface area contributed by atoms with Crippen molar-refractivity contribution in [1.29, 1.82) is 0 Å². The van der Waals surface area contributed by atoms with Gasteiger partial charge in [0, 0.05) is 18.3 Å². The molecular formula is C10H12N2O2. The van der Waals surface area contributed by atoms with Crippen molar-refractivity contribution in [1.82, 2.24) is 10.3 Å². The minimum absolute atomic E-state index is 0.204. The van der Waals surface area contributed by atoms with Crippen LogP contribution in [-0.4, -0.2) is 23.7 Å². The molecular weight excluding hydrogens is 180 g/mol. The number of nitrogens with zero attached hydrogens (tertiary/aromatic N) is 1. The first-order valence-electron chi connectivity index (χ1n) is 4.47. The van der Waals surface area contributed by atoms with Crippen molar-refractivity contribution in [2.24, 2.45) is 0 Å². The third-order valence-corrected chi connectivity index (χ3v) is 1.69. The zero-order chi connectivity index (χ0) is 10.4. The summed E-state index contributed by atoms with van der Waals surface area (Å²) in [4.78, 5) is 25.5. The van der Waals surface area contributed by atoms with E-state index in [0.717, 1.165) is 6.42 Å². The molecule has 0 unspecified atom stereocenters. The van der Waals surface area contributed by atoms with Crippen molar-refractivity contribution in [2.75, 3.05) is 6.54 Å². The van der Waals surface area contributed by atoms with Crippen LogP contribution in [0.4, 0.5) is 0 Å². The van der Waals surface area contributed by atoms with Crippen LogP contribution in [0.25, 0.3) is 0 Å². The molecule has 4 nitrogen and oxygen atoms in total. The first kappa shape index (κ1) is 10.4. The lowest BCUT2D eigenvalue weighted by molar-refractivity contribution is 0.0948. The standard InChI is InChI=1S/C10H12N2O2/c1-2-5-11-10(14)9-4-3-8(7-13)6-12-9/h3-4,6-7H,2,5H2,1H3,(H,11,14). The van der Waals surface area contributed by atoms with Crippen LogP contribution in [0, 0.1) is 0 Å². The third-order valence-electron chi connectivity index (χ3n) is 1.69. The first-order valence-corrected chi connectivity index (χ1v) is 4.47. The SMILES string of the molecule is CCCNC(=O)c1ccc(C=O)cn1. The number of aldehydes is 1. The van der Waals surface area contributed by atoms with Gasteiger partial charge < -0.3 is 5.32 Å². The molecule has 1 rings (SSSR count). The second-order valence-electron chi connectivity index (χ2n) is 2.85. The Morgan fingerprint density at radius 1 is 1.57 bits per heavy atom. The fourth-order valence-electron chi connectivity index (χ4n) is 0.938. The minimum Gasteiger partial charge on any atom is -0.351 e. The van der Waals surface area contributed by atoms with E-state index in [-0.39, 0.29) is 5.91 Å². The molecule has 1 N–H and O–H groups in total. The highest BCUT2D eigenvalue weighted by atomic mass is 16.1. The maximum atomic E-state index is 11.3. The molecule has 1 heterocycles. The molecule has 0 aliphatic rings. The molecule has 0 aliphatic carbocycles. The average molecular weight is 192 g/mol. The molecule has 0 fully saturated rings. The van der Waals surface area contributed by atoms with E-state index >= 15 is 0 Å². The Balaban J connectivity index is 2.66. The average Bonchev–Trinajstić information content (AvgIpc) is 2.26.